The van der Waals surface area contributed by atoms with Crippen LogP contribution in [0.3, 0.4) is 0 Å². The fourth-order valence-corrected chi connectivity index (χ4v) is 2.16. The first-order chi connectivity index (χ1) is 7.11. The lowest BCUT2D eigenvalue weighted by Crippen LogP contribution is -2.12. The van der Waals surface area contributed by atoms with Crippen LogP contribution in [0.1, 0.15) is 25.3 Å². The van der Waals surface area contributed by atoms with Crippen molar-refractivity contribution >= 4 is 22.7 Å². The molecule has 0 heterocycles. The second-order valence-corrected chi connectivity index (χ2v) is 4.57. The topological polar surface area (TPSA) is 34.1 Å². The minimum absolute atomic E-state index is 0.0529. The summed E-state index contributed by atoms with van der Waals surface area (Å²) in [5.41, 5.74) is 0.985. The Bertz CT molecular complexity index is 346. The highest BCUT2D eigenvalue weighted by atomic mass is 32.2. The Labute approximate surface area is 94.1 Å². The summed E-state index contributed by atoms with van der Waals surface area (Å²) in [4.78, 5) is 22.3. The highest BCUT2D eigenvalue weighted by Gasteiger charge is 2.17. The van der Waals surface area contributed by atoms with Gasteiger partial charge in [0.2, 0.25) is 0 Å². The summed E-state index contributed by atoms with van der Waals surface area (Å²) in [6.45, 7) is 3.09. The Hall–Kier alpha value is -1.09. The van der Waals surface area contributed by atoms with Crippen LogP contribution in [-0.4, -0.2) is 16.7 Å². The fraction of sp³-hybridized carbons (Fsp3) is 0.333. The summed E-state index contributed by atoms with van der Waals surface area (Å²) in [6.07, 6.45) is 0. The van der Waals surface area contributed by atoms with Crippen molar-refractivity contribution < 1.29 is 9.59 Å². The van der Waals surface area contributed by atoms with Gasteiger partial charge in [-0.3, -0.25) is 9.59 Å². The lowest BCUT2D eigenvalue weighted by atomic mass is 9.98. The molecule has 1 atom stereocenters. The van der Waals surface area contributed by atoms with Crippen molar-refractivity contribution in [1.82, 2.24) is 0 Å². The quantitative estimate of drug-likeness (QED) is 0.785. The van der Waals surface area contributed by atoms with E-state index >= 15 is 0 Å². The monoisotopic (exact) mass is 222 g/mol. The molecule has 80 valence electrons. The molecule has 0 aliphatic heterocycles. The summed E-state index contributed by atoms with van der Waals surface area (Å²) in [5, 5.41) is 0.0529. The molecule has 2 nitrogen and oxygen atoms in total. The largest absolute Gasteiger partial charge is 0.299 e. The van der Waals surface area contributed by atoms with Crippen molar-refractivity contribution in [2.24, 2.45) is 0 Å². The number of hydrogen-bond donors (Lipinski definition) is 0. The fourth-order valence-electron chi connectivity index (χ4n) is 1.33. The summed E-state index contributed by atoms with van der Waals surface area (Å²) in [7, 11) is 0. The Kier molecular flexibility index (Phi) is 4.56. The van der Waals surface area contributed by atoms with Crippen molar-refractivity contribution in [3.05, 3.63) is 35.9 Å². The van der Waals surface area contributed by atoms with E-state index in [9.17, 15) is 9.59 Å². The molecule has 1 unspecified atom stereocenters. The molecule has 1 aromatic rings. The van der Waals surface area contributed by atoms with E-state index in [0.29, 0.717) is 5.75 Å². The lowest BCUT2D eigenvalue weighted by Gasteiger charge is -2.12. The second kappa shape index (κ2) is 5.71. The highest BCUT2D eigenvalue weighted by molar-refractivity contribution is 8.13. The summed E-state index contributed by atoms with van der Waals surface area (Å²) in [5.74, 6) is 0.476. The van der Waals surface area contributed by atoms with Crippen LogP contribution in [0.5, 0.6) is 0 Å². The number of carbonyl (C=O) groups excluding carboxylic acids is 2. The highest BCUT2D eigenvalue weighted by Crippen LogP contribution is 2.21. The van der Waals surface area contributed by atoms with E-state index in [0.717, 1.165) is 5.56 Å². The summed E-state index contributed by atoms with van der Waals surface area (Å²) in [6, 6.07) is 9.58. The minimum Gasteiger partial charge on any atom is -0.299 e. The van der Waals surface area contributed by atoms with Gasteiger partial charge >= 0.3 is 0 Å². The molecular formula is C12H14O2S. The Balaban J connectivity index is 2.75. The van der Waals surface area contributed by atoms with E-state index in [4.69, 9.17) is 0 Å². The first-order valence-electron chi connectivity index (χ1n) is 4.80. The van der Waals surface area contributed by atoms with Gasteiger partial charge in [-0.1, -0.05) is 42.1 Å². The van der Waals surface area contributed by atoms with Crippen molar-refractivity contribution in [3.63, 3.8) is 0 Å². The van der Waals surface area contributed by atoms with Crippen molar-refractivity contribution in [3.8, 4) is 0 Å². The third-order valence-corrected chi connectivity index (χ3v) is 3.05. The summed E-state index contributed by atoms with van der Waals surface area (Å²) >= 11 is 1.20. The third-order valence-electron chi connectivity index (χ3n) is 2.15. The number of hydrogen-bond acceptors (Lipinski definition) is 3. The molecule has 1 rings (SSSR count). The zero-order valence-corrected chi connectivity index (χ0v) is 9.71. The average molecular weight is 222 g/mol. The molecule has 0 aromatic heterocycles. The van der Waals surface area contributed by atoms with Crippen LogP contribution in [0, 0.1) is 0 Å². The van der Waals surface area contributed by atoms with Crippen LogP contribution < -0.4 is 0 Å². The number of thioether (sulfide) groups is 1. The van der Waals surface area contributed by atoms with E-state index in [1.165, 1.54) is 18.7 Å². The van der Waals surface area contributed by atoms with Gasteiger partial charge in [-0.15, -0.1) is 0 Å². The standard InChI is InChI=1S/C12H14O2S/c1-9(13)12(8-15-10(2)14)11-6-4-3-5-7-11/h3-7,12H,8H2,1-2H3. The maximum atomic E-state index is 11.4. The van der Waals surface area contributed by atoms with Gasteiger partial charge in [0, 0.05) is 12.7 Å². The van der Waals surface area contributed by atoms with Crippen LogP contribution in [0.2, 0.25) is 0 Å². The van der Waals surface area contributed by atoms with E-state index in [1.54, 1.807) is 6.92 Å². The van der Waals surface area contributed by atoms with Gasteiger partial charge in [0.25, 0.3) is 0 Å². The van der Waals surface area contributed by atoms with Crippen LogP contribution >= 0.6 is 11.8 Å². The molecule has 0 aliphatic rings. The van der Waals surface area contributed by atoms with Gasteiger partial charge in [0.1, 0.15) is 5.78 Å². The molecular weight excluding hydrogens is 208 g/mol. The summed E-state index contributed by atoms with van der Waals surface area (Å²) < 4.78 is 0. The first kappa shape index (κ1) is 12.0. The molecule has 0 N–H and O–H groups in total. The molecule has 1 aromatic carbocycles. The van der Waals surface area contributed by atoms with Gasteiger partial charge in [0.05, 0.1) is 5.92 Å². The molecule has 0 saturated heterocycles. The average Bonchev–Trinajstić information content (AvgIpc) is 2.18. The minimum atomic E-state index is -0.167. The Morgan fingerprint density at radius 2 is 1.80 bits per heavy atom. The molecule has 0 bridgehead atoms. The predicted molar refractivity (Wildman–Crippen MR) is 63.0 cm³/mol. The molecule has 0 aliphatic carbocycles. The van der Waals surface area contributed by atoms with E-state index in [1.807, 2.05) is 30.3 Å². The maximum absolute atomic E-state index is 11.4. The van der Waals surface area contributed by atoms with Crippen LogP contribution in [0.15, 0.2) is 30.3 Å². The van der Waals surface area contributed by atoms with Gasteiger partial charge < -0.3 is 0 Å². The molecule has 0 amide bonds. The van der Waals surface area contributed by atoms with Gasteiger partial charge in [-0.2, -0.15) is 0 Å². The Morgan fingerprint density at radius 3 is 2.27 bits per heavy atom. The van der Waals surface area contributed by atoms with Gasteiger partial charge in [-0.05, 0) is 12.5 Å². The number of rotatable bonds is 4. The first-order valence-corrected chi connectivity index (χ1v) is 5.78. The van der Waals surface area contributed by atoms with E-state index < -0.39 is 0 Å². The van der Waals surface area contributed by atoms with Gasteiger partial charge in [0.15, 0.2) is 5.12 Å². The van der Waals surface area contributed by atoms with Gasteiger partial charge in [-0.25, -0.2) is 0 Å². The number of carbonyl (C=O) groups is 2. The third kappa shape index (κ3) is 3.88. The van der Waals surface area contributed by atoms with E-state index in [2.05, 4.69) is 0 Å². The number of Topliss-reactive ketones (excluding diaryl/α,β-unsaturated/α-hetero) is 1. The molecule has 3 heteroatoms. The second-order valence-electron chi connectivity index (χ2n) is 3.38. The van der Waals surface area contributed by atoms with Crippen molar-refractivity contribution in [2.45, 2.75) is 19.8 Å². The maximum Gasteiger partial charge on any atom is 0.185 e. The molecule has 0 spiro atoms. The Morgan fingerprint density at radius 1 is 1.20 bits per heavy atom. The van der Waals surface area contributed by atoms with Crippen LogP contribution in [0.4, 0.5) is 0 Å². The molecule has 0 fully saturated rings. The predicted octanol–water partition coefficient (Wildman–Crippen LogP) is 2.64. The zero-order valence-electron chi connectivity index (χ0n) is 8.90. The van der Waals surface area contributed by atoms with Crippen LogP contribution in [0.25, 0.3) is 0 Å². The number of ketones is 1. The SMILES string of the molecule is CC(=O)SCC(C(C)=O)c1ccccc1. The number of benzene rings is 1. The van der Waals surface area contributed by atoms with E-state index in [-0.39, 0.29) is 16.8 Å². The molecule has 15 heavy (non-hydrogen) atoms. The smallest absolute Gasteiger partial charge is 0.185 e. The normalized spacial score (nSPS) is 12.1. The zero-order chi connectivity index (χ0) is 11.3. The molecule has 0 saturated carbocycles. The van der Waals surface area contributed by atoms with Crippen molar-refractivity contribution in [2.75, 3.05) is 5.75 Å². The van der Waals surface area contributed by atoms with Crippen LogP contribution in [-0.2, 0) is 9.59 Å². The van der Waals surface area contributed by atoms with Crippen molar-refractivity contribution in [1.29, 1.82) is 0 Å². The lowest BCUT2D eigenvalue weighted by molar-refractivity contribution is -0.117. The molecule has 0 radical (unpaired) electrons.